The maximum absolute atomic E-state index is 12.4. The summed E-state index contributed by atoms with van der Waals surface area (Å²) >= 11 is 1.44. The van der Waals surface area contributed by atoms with Crippen LogP contribution >= 0.6 is 11.8 Å². The lowest BCUT2D eigenvalue weighted by Gasteiger charge is -2.21. The van der Waals surface area contributed by atoms with E-state index < -0.39 is 0 Å². The van der Waals surface area contributed by atoms with Crippen LogP contribution in [0.1, 0.15) is 29.6 Å². The number of ether oxygens (including phenoxy) is 1. The molecule has 3 atom stereocenters. The van der Waals surface area contributed by atoms with E-state index in [1.807, 2.05) is 24.3 Å². The van der Waals surface area contributed by atoms with Gasteiger partial charge in [-0.05, 0) is 43.5 Å². The van der Waals surface area contributed by atoms with E-state index in [1.165, 1.54) is 25.3 Å². The van der Waals surface area contributed by atoms with Gasteiger partial charge in [-0.2, -0.15) is 4.98 Å². The molecule has 4 rings (SSSR count). The largest absolute Gasteiger partial charge is 0.453 e. The van der Waals surface area contributed by atoms with E-state index in [2.05, 4.69) is 15.6 Å². The Balaban J connectivity index is 1.37. The first kappa shape index (κ1) is 15.5. The third-order valence-electron chi connectivity index (χ3n) is 4.59. The Kier molecular flexibility index (Phi) is 4.20. The molecule has 2 aromatic rings. The van der Waals surface area contributed by atoms with Crippen molar-refractivity contribution in [3.63, 3.8) is 0 Å². The number of carbonyl (C=O) groups excluding carboxylic acids is 1. The number of aromatic nitrogens is 1. The Morgan fingerprint density at radius 3 is 2.83 bits per heavy atom. The number of amides is 1. The molecular weight excluding hydrogens is 326 g/mol. The predicted molar refractivity (Wildman–Crippen MR) is 89.4 cm³/mol. The van der Waals surface area contributed by atoms with Gasteiger partial charge in [0.15, 0.2) is 5.09 Å². The average molecular weight is 345 g/mol. The Bertz CT molecular complexity index is 731. The molecule has 2 fully saturated rings. The molecule has 2 saturated heterocycles. The second-order valence-electron chi connectivity index (χ2n) is 6.14. The molecule has 1 amide bonds. The molecule has 2 aliphatic rings. The molecular formula is C17H19N3O3S. The number of nitrogens with zero attached hydrogens (tertiary/aromatic N) is 1. The van der Waals surface area contributed by atoms with Gasteiger partial charge in [-0.15, -0.1) is 0 Å². The molecule has 7 heteroatoms. The highest BCUT2D eigenvalue weighted by Gasteiger charge is 2.39. The van der Waals surface area contributed by atoms with Crippen LogP contribution in [-0.4, -0.2) is 36.1 Å². The number of hydrogen-bond acceptors (Lipinski definition) is 6. The third-order valence-corrected chi connectivity index (χ3v) is 5.49. The van der Waals surface area contributed by atoms with Crippen LogP contribution in [0.2, 0.25) is 0 Å². The van der Waals surface area contributed by atoms with Crippen molar-refractivity contribution in [1.29, 1.82) is 0 Å². The zero-order valence-corrected chi connectivity index (χ0v) is 14.1. The molecule has 2 aliphatic heterocycles. The van der Waals surface area contributed by atoms with E-state index in [0.717, 1.165) is 17.7 Å². The molecule has 0 aliphatic carbocycles. The summed E-state index contributed by atoms with van der Waals surface area (Å²) in [5.41, 5.74) is 0.678. The van der Waals surface area contributed by atoms with Gasteiger partial charge in [0.1, 0.15) is 0 Å². The maximum Gasteiger partial charge on any atom is 0.394 e. The van der Waals surface area contributed by atoms with E-state index in [1.54, 1.807) is 6.20 Å². The lowest BCUT2D eigenvalue weighted by atomic mass is 9.95. The van der Waals surface area contributed by atoms with Crippen molar-refractivity contribution in [2.45, 2.75) is 47.4 Å². The monoisotopic (exact) mass is 345 g/mol. The molecule has 2 N–H and O–H groups in total. The van der Waals surface area contributed by atoms with Crippen LogP contribution < -0.4 is 15.4 Å². The highest BCUT2D eigenvalue weighted by Crippen LogP contribution is 2.30. The Labute approximate surface area is 144 Å². The smallest absolute Gasteiger partial charge is 0.394 e. The number of nitrogens with one attached hydrogen (secondary N) is 2. The molecule has 24 heavy (non-hydrogen) atoms. The van der Waals surface area contributed by atoms with Crippen LogP contribution in [0.25, 0.3) is 0 Å². The predicted octanol–water partition coefficient (Wildman–Crippen LogP) is 2.46. The van der Waals surface area contributed by atoms with Gasteiger partial charge < -0.3 is 19.8 Å². The zero-order valence-electron chi connectivity index (χ0n) is 13.3. The van der Waals surface area contributed by atoms with E-state index in [0.29, 0.717) is 22.7 Å². The van der Waals surface area contributed by atoms with Crippen LogP contribution in [0.3, 0.4) is 0 Å². The minimum Gasteiger partial charge on any atom is -0.453 e. The van der Waals surface area contributed by atoms with Crippen molar-refractivity contribution >= 4 is 17.7 Å². The number of carbonyl (C=O) groups is 1. The Hall–Kier alpha value is -1.99. The van der Waals surface area contributed by atoms with Crippen molar-refractivity contribution in [2.24, 2.45) is 0 Å². The van der Waals surface area contributed by atoms with Crippen LogP contribution in [0.5, 0.6) is 6.08 Å². The minimum atomic E-state index is -0.00719. The zero-order chi connectivity index (χ0) is 16.5. The topological polar surface area (TPSA) is 76.4 Å². The molecule has 2 bridgehead atoms. The molecule has 1 aromatic heterocycles. The Morgan fingerprint density at radius 1 is 1.38 bits per heavy atom. The standard InChI is InChI=1S/C17H19N3O3S/c1-22-17-18-9-15(23-17)24-12-5-2-10(3-6-12)16(21)20-14-8-11-4-7-13(14)19-11/h2-3,5-6,9,11,13-14,19H,4,7-8H2,1H3,(H,20,21)/t11-,13+,14-/m1/s1. The summed E-state index contributed by atoms with van der Waals surface area (Å²) in [5, 5.41) is 7.34. The number of rotatable bonds is 5. The highest BCUT2D eigenvalue weighted by molar-refractivity contribution is 7.99. The number of benzene rings is 1. The van der Waals surface area contributed by atoms with Gasteiger partial charge in [0, 0.05) is 28.6 Å². The fourth-order valence-electron chi connectivity index (χ4n) is 3.41. The van der Waals surface area contributed by atoms with Gasteiger partial charge >= 0.3 is 6.08 Å². The SMILES string of the molecule is COc1ncc(Sc2ccc(C(=O)N[C@@H]3C[C@H]4CC[C@@H]3N4)cc2)o1. The average Bonchev–Trinajstić information content (AvgIpc) is 3.32. The van der Waals surface area contributed by atoms with E-state index in [4.69, 9.17) is 9.15 Å². The van der Waals surface area contributed by atoms with E-state index >= 15 is 0 Å². The van der Waals surface area contributed by atoms with Crippen LogP contribution in [-0.2, 0) is 0 Å². The summed E-state index contributed by atoms with van der Waals surface area (Å²) in [6, 6.07) is 8.78. The maximum atomic E-state index is 12.4. The van der Waals surface area contributed by atoms with E-state index in [-0.39, 0.29) is 18.0 Å². The quantitative estimate of drug-likeness (QED) is 0.867. The lowest BCUT2D eigenvalue weighted by molar-refractivity contribution is 0.0931. The summed E-state index contributed by atoms with van der Waals surface area (Å²) in [5.74, 6) is -0.00719. The third kappa shape index (κ3) is 3.14. The van der Waals surface area contributed by atoms with E-state index in [9.17, 15) is 4.79 Å². The lowest BCUT2D eigenvalue weighted by Crippen LogP contribution is -2.42. The fourth-order valence-corrected chi connectivity index (χ4v) is 4.13. The van der Waals surface area contributed by atoms with Gasteiger partial charge in [0.2, 0.25) is 0 Å². The number of hydrogen-bond donors (Lipinski definition) is 2. The first-order valence-electron chi connectivity index (χ1n) is 8.06. The molecule has 1 aromatic carbocycles. The van der Waals surface area contributed by atoms with Crippen LogP contribution in [0, 0.1) is 0 Å². The number of fused-ring (bicyclic) bond motifs is 2. The van der Waals surface area contributed by atoms with Crippen LogP contribution in [0.15, 0.2) is 44.9 Å². The first-order chi connectivity index (χ1) is 11.7. The van der Waals surface area contributed by atoms with Gasteiger partial charge in [0.25, 0.3) is 5.91 Å². The molecule has 3 heterocycles. The summed E-state index contributed by atoms with van der Waals surface area (Å²) in [7, 11) is 1.51. The molecule has 0 spiro atoms. The molecule has 0 saturated carbocycles. The van der Waals surface area contributed by atoms with Gasteiger partial charge in [-0.25, -0.2) is 0 Å². The molecule has 0 radical (unpaired) electrons. The summed E-state index contributed by atoms with van der Waals surface area (Å²) < 4.78 is 10.3. The molecule has 126 valence electrons. The van der Waals surface area contributed by atoms with Crippen molar-refractivity contribution in [3.05, 3.63) is 36.0 Å². The normalized spacial score (nSPS) is 25.0. The molecule has 0 unspecified atom stereocenters. The van der Waals surface area contributed by atoms with Crippen molar-refractivity contribution in [1.82, 2.24) is 15.6 Å². The van der Waals surface area contributed by atoms with Crippen molar-refractivity contribution < 1.29 is 13.9 Å². The van der Waals surface area contributed by atoms with Crippen molar-refractivity contribution in [3.8, 4) is 6.08 Å². The number of oxazole rings is 1. The highest BCUT2D eigenvalue weighted by atomic mass is 32.2. The summed E-state index contributed by atoms with van der Waals surface area (Å²) in [6.45, 7) is 0. The summed E-state index contributed by atoms with van der Waals surface area (Å²) in [6.07, 6.45) is 5.29. The van der Waals surface area contributed by atoms with Gasteiger partial charge in [-0.3, -0.25) is 4.79 Å². The molecule has 6 nitrogen and oxygen atoms in total. The number of methoxy groups -OCH3 is 1. The Morgan fingerprint density at radius 2 is 2.21 bits per heavy atom. The van der Waals surface area contributed by atoms with Crippen molar-refractivity contribution in [2.75, 3.05) is 7.11 Å². The second kappa shape index (κ2) is 6.49. The van der Waals surface area contributed by atoms with Gasteiger partial charge in [-0.1, -0.05) is 11.8 Å². The fraction of sp³-hybridized carbons (Fsp3) is 0.412. The van der Waals surface area contributed by atoms with Crippen LogP contribution in [0.4, 0.5) is 0 Å². The summed E-state index contributed by atoms with van der Waals surface area (Å²) in [4.78, 5) is 17.3. The van der Waals surface area contributed by atoms with Gasteiger partial charge in [0.05, 0.1) is 13.3 Å². The minimum absolute atomic E-state index is 0.00719. The first-order valence-corrected chi connectivity index (χ1v) is 8.87. The second-order valence-corrected chi connectivity index (χ2v) is 7.22.